The average molecular weight is 228 g/mol. The van der Waals surface area contributed by atoms with Crippen LogP contribution in [0.3, 0.4) is 0 Å². The average Bonchev–Trinajstić information content (AvgIpc) is 2.08. The summed E-state index contributed by atoms with van der Waals surface area (Å²) in [7, 11) is -0.447. The Labute approximate surface area is 98.2 Å². The van der Waals surface area contributed by atoms with Gasteiger partial charge in [0.1, 0.15) is 0 Å². The number of allylic oxidation sites excluding steroid dienone is 2. The zero-order chi connectivity index (χ0) is 11.8. The maximum atomic E-state index is 5.84. The van der Waals surface area contributed by atoms with E-state index in [1.807, 2.05) is 0 Å². The Morgan fingerprint density at radius 2 is 1.73 bits per heavy atom. The molecule has 0 radical (unpaired) electrons. The van der Waals surface area contributed by atoms with Crippen molar-refractivity contribution in [3.63, 3.8) is 0 Å². The maximum absolute atomic E-state index is 5.84. The molecule has 0 atom stereocenters. The van der Waals surface area contributed by atoms with Crippen molar-refractivity contribution >= 4 is 9.76 Å². The SMILES string of the molecule is CC(C)C=C([SiH2]OCCC(C)C)C(C)C. The quantitative estimate of drug-likeness (QED) is 0.480. The smallest absolute Gasteiger partial charge is 0.188 e. The van der Waals surface area contributed by atoms with Crippen molar-refractivity contribution in [1.82, 2.24) is 0 Å². The summed E-state index contributed by atoms with van der Waals surface area (Å²) in [6.07, 6.45) is 3.59. The van der Waals surface area contributed by atoms with Crippen LogP contribution in [0.25, 0.3) is 0 Å². The summed E-state index contributed by atoms with van der Waals surface area (Å²) in [6, 6.07) is 0. The summed E-state index contributed by atoms with van der Waals surface area (Å²) in [4.78, 5) is 0. The highest BCUT2D eigenvalue weighted by Gasteiger charge is 2.05. The predicted molar refractivity (Wildman–Crippen MR) is 71.7 cm³/mol. The summed E-state index contributed by atoms with van der Waals surface area (Å²) in [5.41, 5.74) is 0. The van der Waals surface area contributed by atoms with Gasteiger partial charge >= 0.3 is 0 Å². The molecule has 2 heteroatoms. The first-order valence-corrected chi connectivity index (χ1v) is 7.50. The first-order valence-electron chi connectivity index (χ1n) is 6.21. The minimum atomic E-state index is -0.447. The summed E-state index contributed by atoms with van der Waals surface area (Å²) < 4.78 is 5.84. The zero-order valence-corrected chi connectivity index (χ0v) is 12.8. The van der Waals surface area contributed by atoms with Crippen LogP contribution in [0.5, 0.6) is 0 Å². The Kier molecular flexibility index (Phi) is 8.07. The van der Waals surface area contributed by atoms with E-state index in [1.54, 1.807) is 5.20 Å². The lowest BCUT2D eigenvalue weighted by atomic mass is 10.1. The lowest BCUT2D eigenvalue weighted by molar-refractivity contribution is 0.305. The molecule has 0 rings (SSSR count). The van der Waals surface area contributed by atoms with Crippen molar-refractivity contribution in [1.29, 1.82) is 0 Å². The van der Waals surface area contributed by atoms with Crippen LogP contribution < -0.4 is 0 Å². The maximum Gasteiger partial charge on any atom is 0.188 e. The fraction of sp³-hybridized carbons (Fsp3) is 0.846. The molecular weight excluding hydrogens is 200 g/mol. The Hall–Kier alpha value is -0.0831. The Morgan fingerprint density at radius 1 is 1.13 bits per heavy atom. The standard InChI is InChI=1S/C13H28OSi/c1-10(2)7-8-14-15-13(12(5)6)9-11(3)4/h9-12H,7-8,15H2,1-6H3. The second kappa shape index (κ2) is 8.11. The highest BCUT2D eigenvalue weighted by Crippen LogP contribution is 2.12. The molecule has 90 valence electrons. The van der Waals surface area contributed by atoms with Gasteiger partial charge in [-0.3, -0.25) is 0 Å². The number of rotatable bonds is 7. The molecule has 0 heterocycles. The van der Waals surface area contributed by atoms with Crippen molar-refractivity contribution in [2.24, 2.45) is 17.8 Å². The van der Waals surface area contributed by atoms with Crippen LogP contribution >= 0.6 is 0 Å². The molecule has 0 fully saturated rings. The van der Waals surface area contributed by atoms with Crippen LogP contribution in [0, 0.1) is 17.8 Å². The predicted octanol–water partition coefficient (Wildman–Crippen LogP) is 3.33. The molecule has 0 aliphatic carbocycles. The molecule has 0 saturated carbocycles. The molecule has 0 aromatic heterocycles. The van der Waals surface area contributed by atoms with Crippen LogP contribution in [0.2, 0.25) is 0 Å². The second-order valence-electron chi connectivity index (χ2n) is 5.38. The van der Waals surface area contributed by atoms with Crippen molar-refractivity contribution in [3.05, 3.63) is 11.3 Å². The molecule has 0 aromatic carbocycles. The molecule has 15 heavy (non-hydrogen) atoms. The Morgan fingerprint density at radius 3 is 2.13 bits per heavy atom. The van der Waals surface area contributed by atoms with Gasteiger partial charge in [-0.2, -0.15) is 0 Å². The van der Waals surface area contributed by atoms with Crippen LogP contribution in [0.1, 0.15) is 48.0 Å². The van der Waals surface area contributed by atoms with Gasteiger partial charge in [-0.1, -0.05) is 52.8 Å². The Bertz CT molecular complexity index is 183. The lowest BCUT2D eigenvalue weighted by Gasteiger charge is -2.13. The third-order valence-corrected chi connectivity index (χ3v) is 4.28. The minimum Gasteiger partial charge on any atom is -0.419 e. The van der Waals surface area contributed by atoms with Gasteiger partial charge in [-0.15, -0.1) is 0 Å². The van der Waals surface area contributed by atoms with Gasteiger partial charge in [0.2, 0.25) is 0 Å². The van der Waals surface area contributed by atoms with E-state index in [0.717, 1.165) is 12.5 Å². The van der Waals surface area contributed by atoms with Crippen molar-refractivity contribution in [2.75, 3.05) is 6.61 Å². The third kappa shape index (κ3) is 8.88. The summed E-state index contributed by atoms with van der Waals surface area (Å²) in [5.74, 6) is 2.08. The normalized spacial score (nSPS) is 14.1. The van der Waals surface area contributed by atoms with E-state index in [1.165, 1.54) is 6.42 Å². The number of hydrogen-bond acceptors (Lipinski definition) is 1. The largest absolute Gasteiger partial charge is 0.419 e. The van der Waals surface area contributed by atoms with Gasteiger partial charge < -0.3 is 4.43 Å². The Balaban J connectivity index is 3.88. The number of hydrogen-bond donors (Lipinski definition) is 0. The molecule has 1 nitrogen and oxygen atoms in total. The molecule has 0 aliphatic heterocycles. The van der Waals surface area contributed by atoms with E-state index in [0.29, 0.717) is 11.8 Å². The monoisotopic (exact) mass is 228 g/mol. The van der Waals surface area contributed by atoms with Crippen LogP contribution in [0.15, 0.2) is 11.3 Å². The summed E-state index contributed by atoms with van der Waals surface area (Å²) in [5, 5.41) is 1.58. The fourth-order valence-corrected chi connectivity index (χ4v) is 2.79. The van der Waals surface area contributed by atoms with E-state index in [4.69, 9.17) is 4.43 Å². The van der Waals surface area contributed by atoms with Gasteiger partial charge in [-0.25, -0.2) is 0 Å². The first-order chi connectivity index (χ1) is 6.93. The van der Waals surface area contributed by atoms with E-state index in [2.05, 4.69) is 47.6 Å². The third-order valence-electron chi connectivity index (χ3n) is 2.40. The van der Waals surface area contributed by atoms with Gasteiger partial charge in [-0.05, 0) is 24.2 Å². The highest BCUT2D eigenvalue weighted by atomic mass is 28.2. The highest BCUT2D eigenvalue weighted by molar-refractivity contribution is 6.38. The first kappa shape index (κ1) is 14.9. The molecule has 0 aliphatic rings. The van der Waals surface area contributed by atoms with Gasteiger partial charge in [0.05, 0.1) is 0 Å². The summed E-state index contributed by atoms with van der Waals surface area (Å²) in [6.45, 7) is 14.5. The van der Waals surface area contributed by atoms with Crippen molar-refractivity contribution < 1.29 is 4.43 Å². The summed E-state index contributed by atoms with van der Waals surface area (Å²) >= 11 is 0. The second-order valence-corrected chi connectivity index (χ2v) is 6.89. The van der Waals surface area contributed by atoms with Crippen LogP contribution in [-0.2, 0) is 4.43 Å². The van der Waals surface area contributed by atoms with Crippen LogP contribution in [-0.4, -0.2) is 16.4 Å². The molecule has 0 bridgehead atoms. The van der Waals surface area contributed by atoms with Crippen molar-refractivity contribution in [2.45, 2.75) is 48.0 Å². The fourth-order valence-electron chi connectivity index (χ4n) is 1.34. The molecule has 0 aromatic rings. The van der Waals surface area contributed by atoms with Gasteiger partial charge in [0, 0.05) is 6.61 Å². The molecule has 0 amide bonds. The minimum absolute atomic E-state index is 0.447. The molecule has 0 saturated heterocycles. The topological polar surface area (TPSA) is 9.23 Å². The van der Waals surface area contributed by atoms with E-state index in [-0.39, 0.29) is 0 Å². The molecular formula is C13H28OSi. The van der Waals surface area contributed by atoms with Gasteiger partial charge in [0.25, 0.3) is 0 Å². The van der Waals surface area contributed by atoms with E-state index < -0.39 is 9.76 Å². The zero-order valence-electron chi connectivity index (χ0n) is 11.3. The molecule has 0 unspecified atom stereocenters. The van der Waals surface area contributed by atoms with Crippen LogP contribution in [0.4, 0.5) is 0 Å². The lowest BCUT2D eigenvalue weighted by Crippen LogP contribution is -2.11. The van der Waals surface area contributed by atoms with Crippen molar-refractivity contribution in [3.8, 4) is 0 Å². The molecule has 0 N–H and O–H groups in total. The molecule has 0 spiro atoms. The van der Waals surface area contributed by atoms with E-state index in [9.17, 15) is 0 Å². The van der Waals surface area contributed by atoms with Gasteiger partial charge in [0.15, 0.2) is 9.76 Å². The van der Waals surface area contributed by atoms with E-state index >= 15 is 0 Å².